The number of aryl methyl sites for hydroxylation is 2. The van der Waals surface area contributed by atoms with Crippen LogP contribution in [0.2, 0.25) is 0 Å². The molecule has 3 aromatic heterocycles. The smallest absolute Gasteiger partial charge is 0.137 e. The first kappa shape index (κ1) is 14.2. The van der Waals surface area contributed by atoms with Gasteiger partial charge in [0.25, 0.3) is 0 Å². The third-order valence-corrected chi connectivity index (χ3v) is 5.09. The van der Waals surface area contributed by atoms with Gasteiger partial charge in [-0.1, -0.05) is 20.9 Å². The predicted molar refractivity (Wildman–Crippen MR) is 91.8 cm³/mol. The summed E-state index contributed by atoms with van der Waals surface area (Å²) in [7, 11) is -0.195. The molecule has 0 unspecified atom stereocenters. The fourth-order valence-electron chi connectivity index (χ4n) is 2.62. The van der Waals surface area contributed by atoms with E-state index in [-0.39, 0.29) is 7.92 Å². The Balaban J connectivity index is 2.13. The molecular formula is C17H20N3P. The Labute approximate surface area is 126 Å². The topological polar surface area (TPSA) is 41.6 Å². The van der Waals surface area contributed by atoms with E-state index < -0.39 is 0 Å². The molecule has 0 fully saturated rings. The molecule has 4 heteroatoms. The average molecular weight is 297 g/mol. The van der Waals surface area contributed by atoms with Crippen LogP contribution in [-0.2, 0) is 6.42 Å². The second-order valence-electron chi connectivity index (χ2n) is 5.52. The van der Waals surface area contributed by atoms with Crippen molar-refractivity contribution in [2.24, 2.45) is 0 Å². The number of nitrogens with zero attached hydrogens (tertiary/aromatic N) is 2. The summed E-state index contributed by atoms with van der Waals surface area (Å²) < 4.78 is 0. The first-order valence-electron chi connectivity index (χ1n) is 7.21. The molecule has 0 bridgehead atoms. The van der Waals surface area contributed by atoms with Gasteiger partial charge in [0, 0.05) is 23.3 Å². The van der Waals surface area contributed by atoms with Gasteiger partial charge in [-0.15, -0.1) is 0 Å². The number of pyridine rings is 2. The van der Waals surface area contributed by atoms with Crippen molar-refractivity contribution < 1.29 is 0 Å². The summed E-state index contributed by atoms with van der Waals surface area (Å²) in [6, 6.07) is 6.47. The van der Waals surface area contributed by atoms with Gasteiger partial charge in [-0.05, 0) is 49.9 Å². The van der Waals surface area contributed by atoms with Crippen molar-refractivity contribution in [3.8, 4) is 11.3 Å². The quantitative estimate of drug-likeness (QED) is 0.746. The average Bonchev–Trinajstić information content (AvgIpc) is 2.89. The summed E-state index contributed by atoms with van der Waals surface area (Å²) in [5, 5.41) is 1.20. The summed E-state index contributed by atoms with van der Waals surface area (Å²) in [4.78, 5) is 12.6. The molecule has 3 aromatic rings. The molecule has 0 aliphatic heterocycles. The van der Waals surface area contributed by atoms with Gasteiger partial charge in [0.05, 0.1) is 11.1 Å². The van der Waals surface area contributed by atoms with E-state index in [0.29, 0.717) is 0 Å². The zero-order chi connectivity index (χ0) is 15.0. The van der Waals surface area contributed by atoms with Crippen LogP contribution in [0.4, 0.5) is 0 Å². The lowest BCUT2D eigenvalue weighted by atomic mass is 10.1. The van der Waals surface area contributed by atoms with Crippen LogP contribution in [0.5, 0.6) is 0 Å². The lowest BCUT2D eigenvalue weighted by Gasteiger charge is -2.11. The van der Waals surface area contributed by atoms with E-state index >= 15 is 0 Å². The Bertz CT molecular complexity index is 790. The number of hydrogen-bond donors (Lipinski definition) is 1. The first-order chi connectivity index (χ1) is 10.1. The number of aromatic nitrogens is 3. The molecule has 0 spiro atoms. The Morgan fingerprint density at radius 2 is 2.05 bits per heavy atom. The largest absolute Gasteiger partial charge is 0.346 e. The van der Waals surface area contributed by atoms with Gasteiger partial charge in [-0.25, -0.2) is 9.97 Å². The first-order valence-corrected chi connectivity index (χ1v) is 9.45. The van der Waals surface area contributed by atoms with Crippen molar-refractivity contribution in [3.63, 3.8) is 0 Å². The predicted octanol–water partition coefficient (Wildman–Crippen LogP) is 3.86. The highest BCUT2D eigenvalue weighted by atomic mass is 31.1. The van der Waals surface area contributed by atoms with E-state index in [4.69, 9.17) is 4.98 Å². The highest BCUT2D eigenvalue weighted by Crippen LogP contribution is 2.28. The molecule has 0 saturated carbocycles. The van der Waals surface area contributed by atoms with Crippen molar-refractivity contribution in [1.82, 2.24) is 15.0 Å². The minimum Gasteiger partial charge on any atom is -0.346 e. The van der Waals surface area contributed by atoms with E-state index in [1.807, 2.05) is 12.4 Å². The standard InChI is InChI=1S/C17H20N3P/c1-5-12-9-18-16-14(12)8-13(10-19-16)15-7-6-11(2)17(20-15)21(3)4/h6-10H,5H2,1-4H3,(H,18,19). The monoisotopic (exact) mass is 297 g/mol. The lowest BCUT2D eigenvalue weighted by molar-refractivity contribution is 1.15. The number of H-pyrrole nitrogens is 1. The minimum atomic E-state index is -0.195. The van der Waals surface area contributed by atoms with Gasteiger partial charge < -0.3 is 4.98 Å². The molecule has 1 N–H and O–H groups in total. The molecule has 0 aromatic carbocycles. The fourth-order valence-corrected chi connectivity index (χ4v) is 3.71. The van der Waals surface area contributed by atoms with Crippen molar-refractivity contribution in [2.45, 2.75) is 20.3 Å². The van der Waals surface area contributed by atoms with Gasteiger partial charge in [0.1, 0.15) is 5.65 Å². The maximum atomic E-state index is 4.87. The third-order valence-electron chi connectivity index (χ3n) is 3.79. The van der Waals surface area contributed by atoms with Crippen LogP contribution in [0, 0.1) is 6.92 Å². The Morgan fingerprint density at radius 1 is 1.24 bits per heavy atom. The number of nitrogens with one attached hydrogen (secondary N) is 1. The molecule has 3 heterocycles. The lowest BCUT2D eigenvalue weighted by Crippen LogP contribution is -2.10. The van der Waals surface area contributed by atoms with Gasteiger partial charge >= 0.3 is 0 Å². The van der Waals surface area contributed by atoms with Crippen LogP contribution in [0.3, 0.4) is 0 Å². The van der Waals surface area contributed by atoms with Crippen LogP contribution in [-0.4, -0.2) is 28.3 Å². The summed E-state index contributed by atoms with van der Waals surface area (Å²) in [5.74, 6) is 0. The van der Waals surface area contributed by atoms with E-state index in [1.54, 1.807) is 0 Å². The van der Waals surface area contributed by atoms with E-state index in [0.717, 1.165) is 23.3 Å². The Hall–Kier alpha value is -1.73. The summed E-state index contributed by atoms with van der Waals surface area (Å²) >= 11 is 0. The van der Waals surface area contributed by atoms with Crippen molar-refractivity contribution >= 4 is 24.4 Å². The molecule has 108 valence electrons. The van der Waals surface area contributed by atoms with E-state index in [9.17, 15) is 0 Å². The van der Waals surface area contributed by atoms with Crippen LogP contribution in [0.1, 0.15) is 18.1 Å². The second kappa shape index (κ2) is 5.57. The number of hydrogen-bond acceptors (Lipinski definition) is 2. The molecule has 3 nitrogen and oxygen atoms in total. The van der Waals surface area contributed by atoms with Crippen molar-refractivity contribution in [2.75, 3.05) is 13.3 Å². The molecule has 0 atom stereocenters. The summed E-state index contributed by atoms with van der Waals surface area (Å²) in [6.07, 6.45) is 4.97. The fraction of sp³-hybridized carbons (Fsp3) is 0.294. The maximum Gasteiger partial charge on any atom is 0.137 e. The number of fused-ring (bicyclic) bond motifs is 1. The normalized spacial score (nSPS) is 11.5. The molecule has 0 amide bonds. The second-order valence-corrected chi connectivity index (χ2v) is 7.73. The molecule has 0 radical (unpaired) electrons. The Morgan fingerprint density at radius 3 is 2.76 bits per heavy atom. The molecular weight excluding hydrogens is 277 g/mol. The zero-order valence-electron chi connectivity index (χ0n) is 12.9. The highest BCUT2D eigenvalue weighted by Gasteiger charge is 2.10. The van der Waals surface area contributed by atoms with Crippen LogP contribution >= 0.6 is 7.92 Å². The highest BCUT2D eigenvalue weighted by molar-refractivity contribution is 7.63. The Kier molecular flexibility index (Phi) is 3.77. The molecule has 21 heavy (non-hydrogen) atoms. The van der Waals surface area contributed by atoms with Crippen molar-refractivity contribution in [1.29, 1.82) is 0 Å². The van der Waals surface area contributed by atoms with Gasteiger partial charge in [0.15, 0.2) is 0 Å². The van der Waals surface area contributed by atoms with Gasteiger partial charge in [0.2, 0.25) is 0 Å². The van der Waals surface area contributed by atoms with E-state index in [1.165, 1.54) is 21.9 Å². The van der Waals surface area contributed by atoms with E-state index in [2.05, 4.69) is 55.3 Å². The number of rotatable bonds is 3. The summed E-state index contributed by atoms with van der Waals surface area (Å²) in [6.45, 7) is 8.80. The molecule has 0 saturated heterocycles. The molecule has 3 rings (SSSR count). The minimum absolute atomic E-state index is 0.195. The maximum absolute atomic E-state index is 4.87. The third kappa shape index (κ3) is 2.58. The van der Waals surface area contributed by atoms with Gasteiger partial charge in [-0.3, -0.25) is 0 Å². The van der Waals surface area contributed by atoms with Crippen LogP contribution < -0.4 is 5.44 Å². The zero-order valence-corrected chi connectivity index (χ0v) is 13.8. The van der Waals surface area contributed by atoms with Crippen molar-refractivity contribution in [3.05, 3.63) is 41.7 Å². The van der Waals surface area contributed by atoms with Crippen LogP contribution in [0.15, 0.2) is 30.6 Å². The van der Waals surface area contributed by atoms with Gasteiger partial charge in [-0.2, -0.15) is 0 Å². The summed E-state index contributed by atoms with van der Waals surface area (Å²) in [5.41, 5.74) is 6.88. The molecule has 0 aliphatic carbocycles. The van der Waals surface area contributed by atoms with Crippen LogP contribution in [0.25, 0.3) is 22.3 Å². The number of aromatic amines is 1. The SMILES string of the molecule is CCc1c[nH]c2ncc(-c3ccc(C)c(P(C)C)n3)cc12. The molecule has 0 aliphatic rings.